The number of thioether (sulfide) groups is 1. The quantitative estimate of drug-likeness (QED) is 0.330. The molecular formula is C23H18FN5O2S. The van der Waals surface area contributed by atoms with Crippen LogP contribution in [0.25, 0.3) is 5.69 Å². The van der Waals surface area contributed by atoms with Gasteiger partial charge in [-0.3, -0.25) is 9.59 Å². The molecule has 0 aliphatic heterocycles. The summed E-state index contributed by atoms with van der Waals surface area (Å²) in [5.74, 6) is -0.0559. The van der Waals surface area contributed by atoms with Crippen molar-refractivity contribution in [3.05, 3.63) is 95.3 Å². The van der Waals surface area contributed by atoms with E-state index in [9.17, 15) is 14.0 Å². The zero-order valence-electron chi connectivity index (χ0n) is 17.0. The third kappa shape index (κ3) is 5.06. The monoisotopic (exact) mass is 447 g/mol. The average Bonchev–Trinajstić information content (AvgIpc) is 3.27. The Labute approximate surface area is 187 Å². The van der Waals surface area contributed by atoms with E-state index < -0.39 is 0 Å². The van der Waals surface area contributed by atoms with Crippen LogP contribution in [-0.4, -0.2) is 31.9 Å². The Morgan fingerprint density at radius 1 is 1.00 bits per heavy atom. The number of hydrogen-bond donors (Lipinski definition) is 1. The number of nitrogens with one attached hydrogen (secondary N) is 1. The van der Waals surface area contributed by atoms with Crippen molar-refractivity contribution in [1.29, 1.82) is 0 Å². The summed E-state index contributed by atoms with van der Waals surface area (Å²) in [6.07, 6.45) is 0. The van der Waals surface area contributed by atoms with Gasteiger partial charge >= 0.3 is 0 Å². The SMILES string of the molecule is CC(=O)c1cccc(NC(=O)c2ccc(-n3nnnc3SCc3ccc(F)cc3)cc2)c1. The average molecular weight is 447 g/mol. The molecule has 0 aliphatic carbocycles. The topological polar surface area (TPSA) is 89.8 Å². The lowest BCUT2D eigenvalue weighted by atomic mass is 10.1. The molecule has 0 aliphatic rings. The van der Waals surface area contributed by atoms with E-state index >= 15 is 0 Å². The molecule has 4 rings (SSSR count). The van der Waals surface area contributed by atoms with Gasteiger partial charge in [0.05, 0.1) is 5.69 Å². The fraction of sp³-hybridized carbons (Fsp3) is 0.0870. The summed E-state index contributed by atoms with van der Waals surface area (Å²) >= 11 is 1.42. The van der Waals surface area contributed by atoms with Crippen LogP contribution in [0.15, 0.2) is 78.0 Å². The lowest BCUT2D eigenvalue weighted by Crippen LogP contribution is -2.12. The van der Waals surface area contributed by atoms with Crippen molar-refractivity contribution in [2.45, 2.75) is 17.8 Å². The van der Waals surface area contributed by atoms with E-state index in [1.165, 1.54) is 30.8 Å². The number of tetrazole rings is 1. The van der Waals surface area contributed by atoms with Gasteiger partial charge in [0, 0.05) is 22.6 Å². The molecule has 0 atom stereocenters. The second-order valence-corrected chi connectivity index (χ2v) is 7.87. The van der Waals surface area contributed by atoms with Gasteiger partial charge in [-0.1, -0.05) is 36.0 Å². The summed E-state index contributed by atoms with van der Waals surface area (Å²) in [6, 6.07) is 19.9. The highest BCUT2D eigenvalue weighted by Crippen LogP contribution is 2.23. The number of rotatable bonds is 7. The molecule has 1 amide bonds. The van der Waals surface area contributed by atoms with E-state index in [0.717, 1.165) is 5.56 Å². The summed E-state index contributed by atoms with van der Waals surface area (Å²) in [6.45, 7) is 1.48. The van der Waals surface area contributed by atoms with E-state index in [0.29, 0.717) is 33.4 Å². The molecule has 0 spiro atoms. The van der Waals surface area contributed by atoms with E-state index in [-0.39, 0.29) is 17.5 Å². The number of benzene rings is 3. The molecule has 160 valence electrons. The molecular weight excluding hydrogens is 429 g/mol. The predicted octanol–water partition coefficient (Wildman–Crippen LogP) is 4.55. The maximum atomic E-state index is 13.1. The lowest BCUT2D eigenvalue weighted by Gasteiger charge is -2.08. The van der Waals surface area contributed by atoms with Gasteiger partial charge in [0.2, 0.25) is 5.16 Å². The largest absolute Gasteiger partial charge is 0.322 e. The van der Waals surface area contributed by atoms with Crippen LogP contribution >= 0.6 is 11.8 Å². The Bertz CT molecular complexity index is 1260. The lowest BCUT2D eigenvalue weighted by molar-refractivity contribution is 0.101. The first-order valence-electron chi connectivity index (χ1n) is 9.68. The molecule has 9 heteroatoms. The first-order valence-corrected chi connectivity index (χ1v) is 10.7. The maximum Gasteiger partial charge on any atom is 0.255 e. The molecule has 0 saturated carbocycles. The minimum absolute atomic E-state index is 0.0694. The molecule has 0 bridgehead atoms. The number of ketones is 1. The van der Waals surface area contributed by atoms with Gasteiger partial charge in [-0.25, -0.2) is 4.39 Å². The van der Waals surface area contributed by atoms with Crippen molar-refractivity contribution in [2.24, 2.45) is 0 Å². The summed E-state index contributed by atoms with van der Waals surface area (Å²) in [5.41, 5.74) is 3.18. The van der Waals surface area contributed by atoms with Crippen LogP contribution in [0, 0.1) is 5.82 Å². The highest BCUT2D eigenvalue weighted by molar-refractivity contribution is 7.98. The van der Waals surface area contributed by atoms with Gasteiger partial charge in [-0.05, 0) is 71.4 Å². The Morgan fingerprint density at radius 2 is 1.75 bits per heavy atom. The fourth-order valence-electron chi connectivity index (χ4n) is 2.93. The number of hydrogen-bond acceptors (Lipinski definition) is 6. The maximum absolute atomic E-state index is 13.1. The molecule has 0 unspecified atom stereocenters. The smallest absolute Gasteiger partial charge is 0.255 e. The molecule has 1 N–H and O–H groups in total. The molecule has 4 aromatic rings. The summed E-state index contributed by atoms with van der Waals surface area (Å²) in [5, 5.41) is 15.2. The van der Waals surface area contributed by atoms with Gasteiger partial charge in [0.1, 0.15) is 5.82 Å². The Balaban J connectivity index is 1.44. The number of halogens is 1. The third-order valence-electron chi connectivity index (χ3n) is 4.62. The number of carbonyl (C=O) groups excluding carboxylic acids is 2. The molecule has 0 radical (unpaired) electrons. The molecule has 32 heavy (non-hydrogen) atoms. The van der Waals surface area contributed by atoms with Gasteiger partial charge in [0.25, 0.3) is 5.91 Å². The molecule has 0 fully saturated rings. The van der Waals surface area contributed by atoms with Crippen LogP contribution in [0.1, 0.15) is 33.2 Å². The number of carbonyl (C=O) groups is 2. The van der Waals surface area contributed by atoms with Crippen LogP contribution in [-0.2, 0) is 5.75 Å². The third-order valence-corrected chi connectivity index (χ3v) is 5.61. The Hall–Kier alpha value is -3.85. The number of Topliss-reactive ketones (excluding diaryl/α,β-unsaturated/α-hetero) is 1. The van der Waals surface area contributed by atoms with Crippen LogP contribution < -0.4 is 5.32 Å². The van der Waals surface area contributed by atoms with Gasteiger partial charge < -0.3 is 5.32 Å². The van der Waals surface area contributed by atoms with E-state index in [4.69, 9.17) is 0 Å². The highest BCUT2D eigenvalue weighted by Gasteiger charge is 2.12. The molecule has 1 aromatic heterocycles. The van der Waals surface area contributed by atoms with Crippen molar-refractivity contribution in [1.82, 2.24) is 20.2 Å². The van der Waals surface area contributed by atoms with Crippen molar-refractivity contribution >= 4 is 29.1 Å². The summed E-state index contributed by atoms with van der Waals surface area (Å²) < 4.78 is 14.6. The number of aromatic nitrogens is 4. The van der Waals surface area contributed by atoms with Crippen LogP contribution in [0.4, 0.5) is 10.1 Å². The van der Waals surface area contributed by atoms with Crippen molar-refractivity contribution in [3.8, 4) is 5.69 Å². The van der Waals surface area contributed by atoms with Gasteiger partial charge in [-0.15, -0.1) is 5.10 Å². The standard InChI is InChI=1S/C23H18FN5O2S/c1-15(30)18-3-2-4-20(13-18)25-22(31)17-7-11-21(12-8-17)29-23(26-27-28-29)32-14-16-5-9-19(24)10-6-16/h2-13H,14H2,1H3,(H,25,31). The Kier molecular flexibility index (Phi) is 6.37. The minimum Gasteiger partial charge on any atom is -0.322 e. The summed E-state index contributed by atoms with van der Waals surface area (Å²) in [7, 11) is 0. The molecule has 0 saturated heterocycles. The number of amides is 1. The van der Waals surface area contributed by atoms with Crippen molar-refractivity contribution in [2.75, 3.05) is 5.32 Å². The zero-order chi connectivity index (χ0) is 22.5. The second kappa shape index (κ2) is 9.52. The van der Waals surface area contributed by atoms with Gasteiger partial charge in [0.15, 0.2) is 5.78 Å². The predicted molar refractivity (Wildman–Crippen MR) is 120 cm³/mol. The van der Waals surface area contributed by atoms with Crippen molar-refractivity contribution in [3.63, 3.8) is 0 Å². The second-order valence-electron chi connectivity index (χ2n) is 6.93. The Morgan fingerprint density at radius 3 is 2.47 bits per heavy atom. The first kappa shape index (κ1) is 21.4. The van der Waals surface area contributed by atoms with Crippen LogP contribution in [0.5, 0.6) is 0 Å². The molecule has 7 nitrogen and oxygen atoms in total. The van der Waals surface area contributed by atoms with Crippen molar-refractivity contribution < 1.29 is 14.0 Å². The minimum atomic E-state index is -0.292. The fourth-order valence-corrected chi connectivity index (χ4v) is 3.78. The van der Waals surface area contributed by atoms with E-state index in [1.54, 1.807) is 65.3 Å². The number of nitrogens with zero attached hydrogens (tertiary/aromatic N) is 4. The normalized spacial score (nSPS) is 10.7. The zero-order valence-corrected chi connectivity index (χ0v) is 17.8. The number of anilines is 1. The molecule has 3 aromatic carbocycles. The highest BCUT2D eigenvalue weighted by atomic mass is 32.2. The van der Waals surface area contributed by atoms with E-state index in [1.807, 2.05) is 0 Å². The van der Waals surface area contributed by atoms with Crippen LogP contribution in [0.2, 0.25) is 0 Å². The molecule has 1 heterocycles. The summed E-state index contributed by atoms with van der Waals surface area (Å²) in [4.78, 5) is 24.1. The first-order chi connectivity index (χ1) is 15.5. The van der Waals surface area contributed by atoms with Gasteiger partial charge in [-0.2, -0.15) is 4.68 Å². The van der Waals surface area contributed by atoms with E-state index in [2.05, 4.69) is 20.8 Å². The van der Waals surface area contributed by atoms with Crippen LogP contribution in [0.3, 0.4) is 0 Å².